The number of rotatable bonds is 7. The molecule has 4 heteroatoms. The van der Waals surface area contributed by atoms with Gasteiger partial charge in [0.1, 0.15) is 0 Å². The van der Waals surface area contributed by atoms with E-state index in [1.54, 1.807) is 0 Å². The molecule has 0 amide bonds. The molecule has 0 saturated heterocycles. The molecule has 0 radical (unpaired) electrons. The predicted octanol–water partition coefficient (Wildman–Crippen LogP) is 3.06. The van der Waals surface area contributed by atoms with Crippen molar-refractivity contribution in [2.45, 2.75) is 17.9 Å². The predicted molar refractivity (Wildman–Crippen MR) is 71.5 cm³/mol. The van der Waals surface area contributed by atoms with Gasteiger partial charge in [-0.3, -0.25) is 0 Å². The van der Waals surface area contributed by atoms with Gasteiger partial charge in [0.2, 0.25) is 0 Å². The minimum Gasteiger partial charge on any atom is -0.380 e. The second kappa shape index (κ2) is 7.96. The first kappa shape index (κ1) is 13.8. The highest BCUT2D eigenvalue weighted by molar-refractivity contribution is 7.99. The third kappa shape index (κ3) is 5.21. The molecule has 0 aromatic heterocycles. The molecule has 1 atom stereocenters. The maximum atomic E-state index is 5.83. The van der Waals surface area contributed by atoms with Gasteiger partial charge in [0, 0.05) is 28.3 Å². The van der Waals surface area contributed by atoms with Crippen LogP contribution in [0.5, 0.6) is 0 Å². The Balaban J connectivity index is 2.34. The van der Waals surface area contributed by atoms with Gasteiger partial charge in [-0.05, 0) is 38.2 Å². The SMILES string of the molecule is CCOCC(CSc1ccc(Cl)cc1)NC. The lowest BCUT2D eigenvalue weighted by molar-refractivity contribution is 0.131. The van der Waals surface area contributed by atoms with E-state index in [1.807, 2.05) is 50.0 Å². The maximum Gasteiger partial charge on any atom is 0.0627 e. The fourth-order valence-electron chi connectivity index (χ4n) is 1.20. The van der Waals surface area contributed by atoms with E-state index in [0.29, 0.717) is 6.04 Å². The summed E-state index contributed by atoms with van der Waals surface area (Å²) < 4.78 is 5.40. The molecule has 1 N–H and O–H groups in total. The van der Waals surface area contributed by atoms with Crippen molar-refractivity contribution in [1.29, 1.82) is 0 Å². The second-order valence-corrected chi connectivity index (χ2v) is 4.94. The minimum atomic E-state index is 0.389. The van der Waals surface area contributed by atoms with E-state index in [2.05, 4.69) is 5.32 Å². The molecule has 0 fully saturated rings. The van der Waals surface area contributed by atoms with E-state index in [9.17, 15) is 0 Å². The topological polar surface area (TPSA) is 21.3 Å². The molecule has 1 rings (SSSR count). The van der Waals surface area contributed by atoms with Crippen molar-refractivity contribution in [3.63, 3.8) is 0 Å². The molecule has 0 aliphatic rings. The van der Waals surface area contributed by atoms with Gasteiger partial charge in [-0.2, -0.15) is 0 Å². The molecule has 0 spiro atoms. The first-order chi connectivity index (χ1) is 7.76. The monoisotopic (exact) mass is 259 g/mol. The van der Waals surface area contributed by atoms with Crippen molar-refractivity contribution >= 4 is 23.4 Å². The Morgan fingerprint density at radius 2 is 2.06 bits per heavy atom. The summed E-state index contributed by atoms with van der Waals surface area (Å²) in [4.78, 5) is 1.24. The van der Waals surface area contributed by atoms with Crippen molar-refractivity contribution in [2.24, 2.45) is 0 Å². The summed E-state index contributed by atoms with van der Waals surface area (Å²) in [5, 5.41) is 4.03. The molecule has 90 valence electrons. The highest BCUT2D eigenvalue weighted by atomic mass is 35.5. The van der Waals surface area contributed by atoms with E-state index in [4.69, 9.17) is 16.3 Å². The number of nitrogens with one attached hydrogen (secondary N) is 1. The first-order valence-corrected chi connectivity index (χ1v) is 6.76. The Labute approximate surface area is 107 Å². The number of hydrogen-bond acceptors (Lipinski definition) is 3. The van der Waals surface area contributed by atoms with Crippen LogP contribution in [0, 0.1) is 0 Å². The minimum absolute atomic E-state index is 0.389. The zero-order valence-electron chi connectivity index (χ0n) is 9.70. The standard InChI is InChI=1S/C12H18ClNOS/c1-3-15-8-11(14-2)9-16-12-6-4-10(13)5-7-12/h4-7,11,14H,3,8-9H2,1-2H3. The van der Waals surface area contributed by atoms with E-state index < -0.39 is 0 Å². The Morgan fingerprint density at radius 1 is 1.38 bits per heavy atom. The lowest BCUT2D eigenvalue weighted by Crippen LogP contribution is -2.32. The number of halogens is 1. The van der Waals surface area contributed by atoms with Gasteiger partial charge < -0.3 is 10.1 Å². The van der Waals surface area contributed by atoms with Gasteiger partial charge in [-0.25, -0.2) is 0 Å². The number of thioether (sulfide) groups is 1. The van der Waals surface area contributed by atoms with E-state index in [1.165, 1.54) is 4.90 Å². The van der Waals surface area contributed by atoms with Crippen LogP contribution < -0.4 is 5.32 Å². The summed E-state index contributed by atoms with van der Waals surface area (Å²) >= 11 is 7.64. The zero-order valence-corrected chi connectivity index (χ0v) is 11.3. The van der Waals surface area contributed by atoms with Crippen LogP contribution in [0.3, 0.4) is 0 Å². The molecule has 1 unspecified atom stereocenters. The summed E-state index contributed by atoms with van der Waals surface area (Å²) in [6.45, 7) is 3.54. The van der Waals surface area contributed by atoms with Crippen molar-refractivity contribution < 1.29 is 4.74 Å². The summed E-state index contributed by atoms with van der Waals surface area (Å²) in [5.74, 6) is 0.998. The van der Waals surface area contributed by atoms with Crippen molar-refractivity contribution in [1.82, 2.24) is 5.32 Å². The van der Waals surface area contributed by atoms with E-state index in [0.717, 1.165) is 24.0 Å². The normalized spacial score (nSPS) is 12.7. The Hall–Kier alpha value is -0.220. The Morgan fingerprint density at radius 3 is 2.62 bits per heavy atom. The van der Waals surface area contributed by atoms with Crippen molar-refractivity contribution in [3.8, 4) is 0 Å². The highest BCUT2D eigenvalue weighted by Gasteiger charge is 2.06. The number of ether oxygens (including phenoxy) is 1. The fourth-order valence-corrected chi connectivity index (χ4v) is 2.31. The quantitative estimate of drug-likeness (QED) is 0.761. The average molecular weight is 260 g/mol. The van der Waals surface area contributed by atoms with Crippen LogP contribution in [0.4, 0.5) is 0 Å². The average Bonchev–Trinajstić information content (AvgIpc) is 2.32. The highest BCUT2D eigenvalue weighted by Crippen LogP contribution is 2.20. The smallest absolute Gasteiger partial charge is 0.0627 e. The molecule has 1 aromatic rings. The maximum absolute atomic E-state index is 5.83. The number of benzene rings is 1. The second-order valence-electron chi connectivity index (χ2n) is 3.41. The lowest BCUT2D eigenvalue weighted by atomic mass is 10.4. The van der Waals surface area contributed by atoms with Gasteiger partial charge in [0.05, 0.1) is 6.61 Å². The molecular weight excluding hydrogens is 242 g/mol. The molecule has 0 heterocycles. The molecule has 0 bridgehead atoms. The zero-order chi connectivity index (χ0) is 11.8. The van der Waals surface area contributed by atoms with Crippen LogP contribution in [0.2, 0.25) is 5.02 Å². The lowest BCUT2D eigenvalue weighted by Gasteiger charge is -2.15. The van der Waals surface area contributed by atoms with Crippen molar-refractivity contribution in [2.75, 3.05) is 26.0 Å². The first-order valence-electron chi connectivity index (χ1n) is 5.39. The number of likely N-dealkylation sites (N-methyl/N-ethyl adjacent to an activating group) is 1. The van der Waals surface area contributed by atoms with Crippen molar-refractivity contribution in [3.05, 3.63) is 29.3 Å². The Kier molecular flexibility index (Phi) is 6.88. The van der Waals surface area contributed by atoms with Crippen LogP contribution >= 0.6 is 23.4 Å². The summed E-state index contributed by atoms with van der Waals surface area (Å²) in [7, 11) is 1.96. The largest absolute Gasteiger partial charge is 0.380 e. The summed E-state index contributed by atoms with van der Waals surface area (Å²) in [5.41, 5.74) is 0. The summed E-state index contributed by atoms with van der Waals surface area (Å²) in [6.07, 6.45) is 0. The van der Waals surface area contributed by atoms with Crippen LogP contribution in [0.15, 0.2) is 29.2 Å². The van der Waals surface area contributed by atoms with E-state index in [-0.39, 0.29) is 0 Å². The van der Waals surface area contributed by atoms with Gasteiger partial charge in [0.25, 0.3) is 0 Å². The molecule has 16 heavy (non-hydrogen) atoms. The van der Waals surface area contributed by atoms with Gasteiger partial charge >= 0.3 is 0 Å². The van der Waals surface area contributed by atoms with Crippen LogP contribution in [-0.2, 0) is 4.74 Å². The van der Waals surface area contributed by atoms with Crippen LogP contribution in [-0.4, -0.2) is 32.1 Å². The van der Waals surface area contributed by atoms with Crippen LogP contribution in [0.25, 0.3) is 0 Å². The Bertz CT molecular complexity index is 292. The molecule has 0 aliphatic heterocycles. The number of hydrogen-bond donors (Lipinski definition) is 1. The molecule has 2 nitrogen and oxygen atoms in total. The molecule has 0 saturated carbocycles. The third-order valence-electron chi connectivity index (χ3n) is 2.20. The third-order valence-corrected chi connectivity index (χ3v) is 3.62. The molecular formula is C12H18ClNOS. The molecule has 1 aromatic carbocycles. The van der Waals surface area contributed by atoms with Gasteiger partial charge in [0.15, 0.2) is 0 Å². The van der Waals surface area contributed by atoms with E-state index >= 15 is 0 Å². The van der Waals surface area contributed by atoms with Gasteiger partial charge in [-0.15, -0.1) is 11.8 Å². The fraction of sp³-hybridized carbons (Fsp3) is 0.500. The van der Waals surface area contributed by atoms with Gasteiger partial charge in [-0.1, -0.05) is 11.6 Å². The molecule has 0 aliphatic carbocycles. The van der Waals surface area contributed by atoms with Crippen LogP contribution in [0.1, 0.15) is 6.92 Å². The summed E-state index contributed by atoms with van der Waals surface area (Å²) in [6, 6.07) is 8.31.